The first-order valence-corrected chi connectivity index (χ1v) is 11.1. The van der Waals surface area contributed by atoms with E-state index in [0.29, 0.717) is 31.1 Å². The van der Waals surface area contributed by atoms with Gasteiger partial charge in [0.2, 0.25) is 5.91 Å². The van der Waals surface area contributed by atoms with E-state index in [-0.39, 0.29) is 18.4 Å². The van der Waals surface area contributed by atoms with Crippen molar-refractivity contribution in [3.8, 4) is 0 Å². The van der Waals surface area contributed by atoms with Gasteiger partial charge in [-0.3, -0.25) is 9.59 Å². The molecule has 1 heterocycles. The normalized spacial score (nSPS) is 11.0. The molecular weight excluding hydrogens is 374 g/mol. The van der Waals surface area contributed by atoms with E-state index in [9.17, 15) is 9.59 Å². The van der Waals surface area contributed by atoms with Crippen molar-refractivity contribution in [1.29, 1.82) is 0 Å². The van der Waals surface area contributed by atoms with Crippen molar-refractivity contribution in [3.63, 3.8) is 0 Å². The largest absolute Gasteiger partial charge is 0.353 e. The number of hydrogen-bond acceptors (Lipinski definition) is 2. The molecule has 0 aliphatic carbocycles. The number of aryl methyl sites for hydroxylation is 2. The van der Waals surface area contributed by atoms with Crippen LogP contribution in [0.25, 0.3) is 0 Å². The summed E-state index contributed by atoms with van der Waals surface area (Å²) in [5.74, 6) is 0.290. The van der Waals surface area contributed by atoms with Crippen LogP contribution in [-0.2, 0) is 24.8 Å². The van der Waals surface area contributed by atoms with Gasteiger partial charge in [-0.15, -0.1) is 0 Å². The average molecular weight is 412 g/mol. The fraction of sp³-hybridized carbons (Fsp3) is 0.520. The van der Waals surface area contributed by atoms with Crippen molar-refractivity contribution in [1.82, 2.24) is 14.4 Å². The highest BCUT2D eigenvalue weighted by molar-refractivity contribution is 5.96. The Morgan fingerprint density at radius 2 is 1.73 bits per heavy atom. The highest BCUT2D eigenvalue weighted by atomic mass is 16.2. The van der Waals surface area contributed by atoms with E-state index in [1.54, 1.807) is 4.90 Å². The second-order valence-electron chi connectivity index (χ2n) is 8.41. The van der Waals surface area contributed by atoms with Crippen molar-refractivity contribution in [2.24, 2.45) is 13.0 Å². The van der Waals surface area contributed by atoms with Gasteiger partial charge in [-0.25, -0.2) is 0 Å². The minimum atomic E-state index is -0.0668. The first kappa shape index (κ1) is 23.7. The Hall–Kier alpha value is -2.56. The number of benzene rings is 1. The van der Waals surface area contributed by atoms with Crippen LogP contribution in [0, 0.1) is 5.92 Å². The molecule has 2 rings (SSSR count). The van der Waals surface area contributed by atoms with Crippen LogP contribution in [0.1, 0.15) is 62.2 Å². The third kappa shape index (κ3) is 6.75. The quantitative estimate of drug-likeness (QED) is 0.546. The number of unbranched alkanes of at least 4 members (excludes halogenated alkanes) is 1. The molecule has 0 unspecified atom stereocenters. The molecule has 2 amide bonds. The van der Waals surface area contributed by atoms with Gasteiger partial charge in [-0.1, -0.05) is 46.2 Å². The third-order valence-corrected chi connectivity index (χ3v) is 5.35. The van der Waals surface area contributed by atoms with Crippen LogP contribution < -0.4 is 0 Å². The van der Waals surface area contributed by atoms with E-state index >= 15 is 0 Å². The number of nitrogens with zero attached hydrogens (tertiary/aromatic N) is 3. The summed E-state index contributed by atoms with van der Waals surface area (Å²) in [6.45, 7) is 10.4. The second-order valence-corrected chi connectivity index (χ2v) is 8.41. The first-order chi connectivity index (χ1) is 14.3. The molecule has 5 heteroatoms. The molecule has 0 fully saturated rings. The van der Waals surface area contributed by atoms with Crippen LogP contribution in [-0.4, -0.2) is 45.8 Å². The smallest absolute Gasteiger partial charge is 0.254 e. The van der Waals surface area contributed by atoms with Crippen molar-refractivity contribution in [2.45, 2.75) is 53.5 Å². The number of aromatic nitrogens is 1. The van der Waals surface area contributed by atoms with Crippen molar-refractivity contribution in [2.75, 3.05) is 19.6 Å². The molecule has 0 radical (unpaired) electrons. The van der Waals surface area contributed by atoms with E-state index in [4.69, 9.17) is 0 Å². The zero-order valence-electron chi connectivity index (χ0n) is 19.2. The van der Waals surface area contributed by atoms with Gasteiger partial charge in [0, 0.05) is 37.6 Å². The molecule has 0 bridgehead atoms. The van der Waals surface area contributed by atoms with Crippen molar-refractivity contribution >= 4 is 11.8 Å². The molecule has 0 spiro atoms. The minimum Gasteiger partial charge on any atom is -0.353 e. The summed E-state index contributed by atoms with van der Waals surface area (Å²) in [6.07, 6.45) is 4.79. The maximum atomic E-state index is 13.2. The first-order valence-electron chi connectivity index (χ1n) is 11.1. The lowest BCUT2D eigenvalue weighted by atomic mass is 10.1. The maximum absolute atomic E-state index is 13.2. The van der Waals surface area contributed by atoms with Gasteiger partial charge in [0.1, 0.15) is 6.54 Å². The minimum absolute atomic E-state index is 0.000434. The SMILES string of the molecule is CCCCN(CC(=O)N(Cc1cccn1C)CC(C)C)C(=O)c1ccc(CC)cc1. The van der Waals surface area contributed by atoms with Crippen molar-refractivity contribution in [3.05, 3.63) is 59.4 Å². The fourth-order valence-corrected chi connectivity index (χ4v) is 3.48. The van der Waals surface area contributed by atoms with E-state index in [2.05, 4.69) is 27.7 Å². The van der Waals surface area contributed by atoms with Gasteiger partial charge in [0.25, 0.3) is 5.91 Å². The number of hydrogen-bond donors (Lipinski definition) is 0. The van der Waals surface area contributed by atoms with Gasteiger partial charge >= 0.3 is 0 Å². The molecule has 0 saturated heterocycles. The summed E-state index contributed by atoms with van der Waals surface area (Å²) in [7, 11) is 1.99. The molecule has 0 aliphatic heterocycles. The van der Waals surface area contributed by atoms with Crippen LogP contribution in [0.4, 0.5) is 0 Å². The molecule has 1 aromatic heterocycles. The molecule has 1 aromatic carbocycles. The molecular formula is C25H37N3O2. The molecule has 2 aromatic rings. The molecule has 5 nitrogen and oxygen atoms in total. The number of rotatable bonds is 11. The van der Waals surface area contributed by atoms with Crippen LogP contribution in [0.5, 0.6) is 0 Å². The summed E-state index contributed by atoms with van der Waals surface area (Å²) in [4.78, 5) is 30.0. The Bertz CT molecular complexity index is 808. The third-order valence-electron chi connectivity index (χ3n) is 5.35. The van der Waals surface area contributed by atoms with Gasteiger partial charge in [0.15, 0.2) is 0 Å². The van der Waals surface area contributed by atoms with Crippen molar-refractivity contribution < 1.29 is 9.59 Å². The molecule has 0 aliphatic rings. The zero-order valence-corrected chi connectivity index (χ0v) is 19.2. The van der Waals surface area contributed by atoms with E-state index in [1.165, 1.54) is 5.56 Å². The molecule has 0 atom stereocenters. The van der Waals surface area contributed by atoms with E-state index in [1.807, 2.05) is 59.1 Å². The Morgan fingerprint density at radius 1 is 1.03 bits per heavy atom. The Labute approximate surface area is 181 Å². The standard InChI is InChI=1S/C25H37N3O2/c1-6-8-16-27(25(30)22-13-11-21(7-2)12-14-22)19-24(29)28(17-20(3)4)18-23-10-9-15-26(23)5/h9-15,20H,6-8,16-19H2,1-5H3. The summed E-state index contributed by atoms with van der Waals surface area (Å²) in [5.41, 5.74) is 2.94. The van der Waals surface area contributed by atoms with Crippen LogP contribution >= 0.6 is 0 Å². The molecule has 0 N–H and O–H groups in total. The van der Waals surface area contributed by atoms with E-state index < -0.39 is 0 Å². The van der Waals surface area contributed by atoms with Crippen LogP contribution in [0.15, 0.2) is 42.6 Å². The van der Waals surface area contributed by atoms with Gasteiger partial charge in [-0.05, 0) is 48.6 Å². The number of carbonyl (C=O) groups excluding carboxylic acids is 2. The predicted molar refractivity (Wildman–Crippen MR) is 122 cm³/mol. The lowest BCUT2D eigenvalue weighted by molar-refractivity contribution is -0.133. The average Bonchev–Trinajstić information content (AvgIpc) is 3.14. The zero-order chi connectivity index (χ0) is 22.1. The Morgan fingerprint density at radius 3 is 2.27 bits per heavy atom. The van der Waals surface area contributed by atoms with Gasteiger partial charge in [-0.2, -0.15) is 0 Å². The lowest BCUT2D eigenvalue weighted by Gasteiger charge is -2.29. The summed E-state index contributed by atoms with van der Waals surface area (Å²) >= 11 is 0. The van der Waals surface area contributed by atoms with Crippen LogP contribution in [0.2, 0.25) is 0 Å². The predicted octanol–water partition coefficient (Wildman–Crippen LogP) is 4.51. The lowest BCUT2D eigenvalue weighted by Crippen LogP contribution is -2.44. The van der Waals surface area contributed by atoms with E-state index in [0.717, 1.165) is 25.0 Å². The maximum Gasteiger partial charge on any atom is 0.254 e. The topological polar surface area (TPSA) is 45.6 Å². The highest BCUT2D eigenvalue weighted by Crippen LogP contribution is 2.13. The summed E-state index contributed by atoms with van der Waals surface area (Å²) in [5, 5.41) is 0. The van der Waals surface area contributed by atoms with Gasteiger partial charge in [0.05, 0.1) is 6.54 Å². The highest BCUT2D eigenvalue weighted by Gasteiger charge is 2.23. The van der Waals surface area contributed by atoms with Gasteiger partial charge < -0.3 is 14.4 Å². The summed E-state index contributed by atoms with van der Waals surface area (Å²) in [6, 6.07) is 11.8. The number of amides is 2. The second kappa shape index (κ2) is 11.6. The summed E-state index contributed by atoms with van der Waals surface area (Å²) < 4.78 is 2.04. The Kier molecular flexibility index (Phi) is 9.15. The van der Waals surface area contributed by atoms with Crippen LogP contribution in [0.3, 0.4) is 0 Å². The Balaban J connectivity index is 2.17. The molecule has 0 saturated carbocycles. The molecule has 30 heavy (non-hydrogen) atoms. The monoisotopic (exact) mass is 411 g/mol. The number of carbonyl (C=O) groups is 2. The molecule has 164 valence electrons. The fourth-order valence-electron chi connectivity index (χ4n) is 3.48.